The highest BCUT2D eigenvalue weighted by Crippen LogP contribution is 2.14. The number of carbonyl (C=O) groups excluding carboxylic acids is 2. The summed E-state index contributed by atoms with van der Waals surface area (Å²) in [6.45, 7) is -19.4. The minimum Gasteiger partial charge on any atom is -0.444 e. The summed E-state index contributed by atoms with van der Waals surface area (Å²) in [4.78, 5) is 24.4. The first-order valence-electron chi connectivity index (χ1n) is 12.8. The second-order valence-electron chi connectivity index (χ2n) is 2.55. The number of amides is 1. The summed E-state index contributed by atoms with van der Waals surface area (Å²) < 4.78 is 144. The SMILES string of the molecule is [2H]C([2H])C(OC(=O)N1C([2H])([2H])C([2H])([2H])C(=O)C([2H])(OC([2H])([2H])[2H])C1([2H])[2H])(C([2H])([2H])[2H])C([2H])([2H])[2H]. The first-order chi connectivity index (χ1) is 14.6. The van der Waals surface area contributed by atoms with Gasteiger partial charge in [0.05, 0.1) is 14.7 Å². The molecule has 16 heavy (non-hydrogen) atoms. The molecule has 1 saturated heterocycles. The number of ether oxygens (including phenoxy) is 2. The summed E-state index contributed by atoms with van der Waals surface area (Å²) in [6.07, 6.45) is -10.9. The van der Waals surface area contributed by atoms with Crippen LogP contribution in [0.3, 0.4) is 0 Å². The summed E-state index contributed by atoms with van der Waals surface area (Å²) in [6, 6.07) is 0. The zero-order valence-electron chi connectivity index (χ0n) is 25.7. The third-order valence-electron chi connectivity index (χ3n) is 1.23. The number of nitrogens with zero attached hydrogens (tertiary/aromatic N) is 1. The Labute approximate surface area is 121 Å². The van der Waals surface area contributed by atoms with Gasteiger partial charge >= 0.3 is 6.09 Å². The summed E-state index contributed by atoms with van der Waals surface area (Å²) in [5.74, 6) is -2.41. The summed E-state index contributed by atoms with van der Waals surface area (Å²) in [5, 5.41) is 0. The van der Waals surface area contributed by atoms with Gasteiger partial charge in [0, 0.05) is 36.4 Å². The van der Waals surface area contributed by atoms with E-state index in [4.69, 9.17) is 24.7 Å². The lowest BCUT2D eigenvalue weighted by Crippen LogP contribution is -2.49. The number of ketones is 1. The fourth-order valence-corrected chi connectivity index (χ4v) is 0.688. The lowest BCUT2D eigenvalue weighted by molar-refractivity contribution is -0.133. The fourth-order valence-electron chi connectivity index (χ4n) is 0.688. The highest BCUT2D eigenvalue weighted by Gasteiger charge is 2.31. The highest BCUT2D eigenvalue weighted by atomic mass is 16.6. The standard InChI is InChI=1S/C11H19NO4/c1-11(2,3)16-10(14)12-6-5-8(13)9(7-12)15-4/h9H,5-7H2,1-4H3/i1D2,2D3,3D3,4D3,5D2,6D2,7D2,9D. The van der Waals surface area contributed by atoms with Crippen molar-refractivity contribution in [3.05, 3.63) is 0 Å². The maximum absolute atomic E-state index is 12.9. The van der Waals surface area contributed by atoms with Crippen LogP contribution in [0.2, 0.25) is 0 Å². The molecule has 1 aliphatic heterocycles. The van der Waals surface area contributed by atoms with E-state index in [1.807, 2.05) is 0 Å². The molecule has 1 unspecified atom stereocenters. The minimum atomic E-state index is -4.26. The maximum Gasteiger partial charge on any atom is 0.410 e. The number of carbonyl (C=O) groups is 2. The van der Waals surface area contributed by atoms with Crippen molar-refractivity contribution in [2.45, 2.75) is 38.6 Å². The third kappa shape index (κ3) is 3.48. The van der Waals surface area contributed by atoms with Gasteiger partial charge in [0.15, 0.2) is 5.78 Å². The van der Waals surface area contributed by atoms with Gasteiger partial charge in [0.25, 0.3) is 0 Å². The van der Waals surface area contributed by atoms with E-state index in [1.165, 1.54) is 0 Å². The number of Topliss-reactive ketones (excluding diaryl/α,β-unsaturated/α-hetero) is 1. The molecule has 1 fully saturated rings. The summed E-state index contributed by atoms with van der Waals surface area (Å²) in [7, 11) is -3.78. The van der Waals surface area contributed by atoms with Crippen LogP contribution >= 0.6 is 0 Å². The molecule has 5 nitrogen and oxygen atoms in total. The van der Waals surface area contributed by atoms with Crippen molar-refractivity contribution in [2.75, 3.05) is 20.0 Å². The molecule has 0 aromatic carbocycles. The number of rotatable bonds is 1. The van der Waals surface area contributed by atoms with Gasteiger partial charge in [-0.05, 0) is 20.6 Å². The molecule has 1 amide bonds. The van der Waals surface area contributed by atoms with E-state index in [2.05, 4.69) is 9.47 Å². The zero-order valence-corrected chi connectivity index (χ0v) is 7.66. The first kappa shape index (κ1) is 2.66. The van der Waals surface area contributed by atoms with Crippen LogP contribution in [-0.2, 0) is 14.3 Å². The Morgan fingerprint density at radius 1 is 1.75 bits per heavy atom. The van der Waals surface area contributed by atoms with Gasteiger partial charge in [-0.1, -0.05) is 0 Å². The quantitative estimate of drug-likeness (QED) is 0.699. The number of piperidine rings is 1. The second-order valence-corrected chi connectivity index (χ2v) is 2.55. The van der Waals surface area contributed by atoms with Crippen molar-refractivity contribution in [2.24, 2.45) is 0 Å². The molecule has 0 spiro atoms. The average Bonchev–Trinajstić information content (AvgIpc) is 2.52. The van der Waals surface area contributed by atoms with Crippen molar-refractivity contribution < 1.29 is 43.7 Å². The Morgan fingerprint density at radius 2 is 2.56 bits per heavy atom. The first-order valence-corrected chi connectivity index (χ1v) is 3.68. The highest BCUT2D eigenvalue weighted by molar-refractivity contribution is 5.85. The van der Waals surface area contributed by atoms with Crippen molar-refractivity contribution in [1.29, 1.82) is 0 Å². The predicted octanol–water partition coefficient (Wildman–Crippen LogP) is 1.21. The Kier molecular flexibility index (Phi) is 0.802. The van der Waals surface area contributed by atoms with Gasteiger partial charge in [0.2, 0.25) is 0 Å². The number of hydrogen-bond acceptors (Lipinski definition) is 4. The van der Waals surface area contributed by atoms with Crippen LogP contribution in [0.1, 0.15) is 51.6 Å². The molecular formula is C11H19NO4. The van der Waals surface area contributed by atoms with Gasteiger partial charge in [-0.3, -0.25) is 4.79 Å². The molecule has 5 heteroatoms. The Balaban J connectivity index is 3.90. The van der Waals surface area contributed by atoms with Crippen LogP contribution in [0.25, 0.3) is 0 Å². The molecule has 0 aromatic heterocycles. The van der Waals surface area contributed by atoms with Crippen LogP contribution < -0.4 is 0 Å². The average molecular weight is 247 g/mol. The molecule has 1 rings (SSSR count). The van der Waals surface area contributed by atoms with E-state index in [1.54, 1.807) is 0 Å². The lowest BCUT2D eigenvalue weighted by atomic mass is 10.1. The van der Waals surface area contributed by atoms with Gasteiger partial charge in [0.1, 0.15) is 11.7 Å². The number of likely N-dealkylation sites (tertiary alicyclic amines) is 1. The topological polar surface area (TPSA) is 55.8 Å². The molecule has 1 aliphatic rings. The smallest absolute Gasteiger partial charge is 0.410 e. The molecule has 1 heterocycles. The Bertz CT molecular complexity index is 813. The maximum atomic E-state index is 12.9. The predicted molar refractivity (Wildman–Crippen MR) is 58.2 cm³/mol. The molecule has 0 radical (unpaired) electrons. The van der Waals surface area contributed by atoms with E-state index in [0.29, 0.717) is 0 Å². The molecule has 0 N–H and O–H groups in total. The van der Waals surface area contributed by atoms with Crippen molar-refractivity contribution >= 4 is 11.9 Å². The minimum absolute atomic E-state index is 1.02. The lowest BCUT2D eigenvalue weighted by Gasteiger charge is -2.32. The number of hydrogen-bond donors (Lipinski definition) is 0. The van der Waals surface area contributed by atoms with Crippen molar-refractivity contribution in [1.82, 2.24) is 4.90 Å². The van der Waals surface area contributed by atoms with Gasteiger partial charge in [-0.15, -0.1) is 0 Å². The van der Waals surface area contributed by atoms with E-state index in [0.717, 1.165) is 0 Å². The van der Waals surface area contributed by atoms with Crippen LogP contribution in [-0.4, -0.2) is 48.5 Å². The van der Waals surface area contributed by atoms with Gasteiger partial charge in [-0.2, -0.15) is 0 Å². The molecule has 0 aliphatic carbocycles. The van der Waals surface area contributed by atoms with Crippen LogP contribution in [0, 0.1) is 0 Å². The summed E-state index contributed by atoms with van der Waals surface area (Å²) in [5.41, 5.74) is -4.05. The Morgan fingerprint density at radius 3 is 3.19 bits per heavy atom. The Hall–Kier alpha value is -1.10. The zero-order chi connectivity index (χ0) is 27.7. The van der Waals surface area contributed by atoms with E-state index >= 15 is 0 Å². The van der Waals surface area contributed by atoms with Gasteiger partial charge in [-0.25, -0.2) is 4.79 Å². The van der Waals surface area contributed by atoms with Crippen LogP contribution in [0.4, 0.5) is 4.79 Å². The van der Waals surface area contributed by atoms with E-state index in [9.17, 15) is 9.59 Å². The molecule has 0 saturated carbocycles. The monoisotopic (exact) mass is 247 g/mol. The number of methoxy groups -OCH3 is 1. The second kappa shape index (κ2) is 4.82. The third-order valence-corrected chi connectivity index (χ3v) is 1.23. The normalized spacial score (nSPS) is 55.3. The van der Waals surface area contributed by atoms with Crippen molar-refractivity contribution in [3.8, 4) is 0 Å². The van der Waals surface area contributed by atoms with Crippen molar-refractivity contribution in [3.63, 3.8) is 0 Å². The molecule has 0 bridgehead atoms. The fraction of sp³-hybridized carbons (Fsp3) is 0.818. The summed E-state index contributed by atoms with van der Waals surface area (Å²) >= 11 is 0. The van der Waals surface area contributed by atoms with E-state index in [-0.39, 0.29) is 0 Å². The van der Waals surface area contributed by atoms with E-state index < -0.39 is 75.4 Å². The molecule has 1 atom stereocenters. The molecule has 92 valence electrons. The van der Waals surface area contributed by atoms with Crippen LogP contribution in [0.5, 0.6) is 0 Å². The molecule has 0 aromatic rings. The molecular weight excluding hydrogens is 210 g/mol. The van der Waals surface area contributed by atoms with Crippen LogP contribution in [0.15, 0.2) is 0 Å². The van der Waals surface area contributed by atoms with Gasteiger partial charge < -0.3 is 14.4 Å². The largest absolute Gasteiger partial charge is 0.444 e.